The normalized spacial score (nSPS) is 11.6. The van der Waals surface area contributed by atoms with E-state index in [2.05, 4.69) is 104 Å². The predicted molar refractivity (Wildman–Crippen MR) is 146 cm³/mol. The van der Waals surface area contributed by atoms with Gasteiger partial charge in [0.15, 0.2) is 0 Å². The molecular formula is C32H44O2. The van der Waals surface area contributed by atoms with Gasteiger partial charge in [-0.3, -0.25) is 0 Å². The highest BCUT2D eigenvalue weighted by atomic mass is 16.5. The molecule has 2 nitrogen and oxygen atoms in total. The van der Waals surface area contributed by atoms with Crippen molar-refractivity contribution in [2.75, 3.05) is 0 Å². The van der Waals surface area contributed by atoms with Crippen LogP contribution in [-0.4, -0.2) is 5.11 Å². The van der Waals surface area contributed by atoms with Gasteiger partial charge in [-0.15, -0.1) is 0 Å². The average Bonchev–Trinajstić information content (AvgIpc) is 2.75. The van der Waals surface area contributed by atoms with Crippen LogP contribution in [0.25, 0.3) is 0 Å². The summed E-state index contributed by atoms with van der Waals surface area (Å²) in [7, 11) is 0. The van der Waals surface area contributed by atoms with Gasteiger partial charge in [0.1, 0.15) is 18.1 Å². The minimum Gasteiger partial charge on any atom is -0.508 e. The molecule has 3 rings (SSSR count). The Hall–Kier alpha value is -2.74. The molecule has 0 aromatic heterocycles. The molecule has 0 unspecified atom stereocenters. The molecule has 184 valence electrons. The van der Waals surface area contributed by atoms with Crippen LogP contribution in [0.3, 0.4) is 0 Å². The Bertz CT molecular complexity index is 1050. The lowest BCUT2D eigenvalue weighted by Crippen LogP contribution is -2.19. The van der Waals surface area contributed by atoms with Crippen molar-refractivity contribution in [1.82, 2.24) is 0 Å². The van der Waals surface area contributed by atoms with Crippen LogP contribution < -0.4 is 4.74 Å². The number of rotatable bonds is 6. The lowest BCUT2D eigenvalue weighted by molar-refractivity contribution is 0.304. The van der Waals surface area contributed by atoms with Gasteiger partial charge in [0.2, 0.25) is 0 Å². The molecule has 0 fully saturated rings. The summed E-state index contributed by atoms with van der Waals surface area (Å²) in [5.74, 6) is 1.26. The fraction of sp³-hybridized carbons (Fsp3) is 0.438. The van der Waals surface area contributed by atoms with Crippen LogP contribution in [0, 0.1) is 19.3 Å². The SMILES string of the molecule is CCC.Cc1cc(C(C)(C)c2ccc(OCc3ccc(CC(C)(C)C)cc3)c(C)c2)ccc1O. The first-order chi connectivity index (χ1) is 15.9. The second kappa shape index (κ2) is 11.6. The van der Waals surface area contributed by atoms with Crippen molar-refractivity contribution >= 4 is 0 Å². The molecule has 0 saturated heterocycles. The molecule has 0 saturated carbocycles. The van der Waals surface area contributed by atoms with Crippen molar-refractivity contribution in [2.24, 2.45) is 5.41 Å². The van der Waals surface area contributed by atoms with Crippen molar-refractivity contribution in [3.63, 3.8) is 0 Å². The molecule has 0 aliphatic rings. The number of phenols is 1. The minimum absolute atomic E-state index is 0.162. The molecule has 0 radical (unpaired) electrons. The molecule has 3 aromatic rings. The molecule has 0 aliphatic heterocycles. The molecule has 0 spiro atoms. The zero-order valence-electron chi connectivity index (χ0n) is 22.8. The van der Waals surface area contributed by atoms with Crippen LogP contribution in [-0.2, 0) is 18.4 Å². The Morgan fingerprint density at radius 1 is 0.706 bits per heavy atom. The van der Waals surface area contributed by atoms with Gasteiger partial charge in [-0.1, -0.05) is 103 Å². The van der Waals surface area contributed by atoms with Crippen LogP contribution in [0.1, 0.15) is 88.3 Å². The van der Waals surface area contributed by atoms with E-state index in [1.54, 1.807) is 6.07 Å². The standard InChI is InChI=1S/C29H36O2.C3H8/c1-20-16-24(12-14-26(20)30)29(6,7)25-13-15-27(21(2)17-25)31-19-23-10-8-22(9-11-23)18-28(3,4)5;1-3-2/h8-17,30H,18-19H2,1-7H3;3H2,1-2H3. The Balaban J connectivity index is 0.00000129. The Labute approximate surface area is 208 Å². The topological polar surface area (TPSA) is 29.5 Å². The summed E-state index contributed by atoms with van der Waals surface area (Å²) in [5.41, 5.74) is 7.12. The van der Waals surface area contributed by atoms with Crippen molar-refractivity contribution in [2.45, 2.75) is 87.2 Å². The Morgan fingerprint density at radius 2 is 1.21 bits per heavy atom. The van der Waals surface area contributed by atoms with Gasteiger partial charge in [0.05, 0.1) is 0 Å². The van der Waals surface area contributed by atoms with E-state index in [0.29, 0.717) is 17.8 Å². The third-order valence-electron chi connectivity index (χ3n) is 5.97. The van der Waals surface area contributed by atoms with E-state index < -0.39 is 0 Å². The van der Waals surface area contributed by atoms with E-state index in [9.17, 15) is 5.11 Å². The van der Waals surface area contributed by atoms with E-state index >= 15 is 0 Å². The summed E-state index contributed by atoms with van der Waals surface area (Å²) in [4.78, 5) is 0. The van der Waals surface area contributed by atoms with Gasteiger partial charge in [-0.25, -0.2) is 0 Å². The van der Waals surface area contributed by atoms with Crippen molar-refractivity contribution in [3.8, 4) is 11.5 Å². The second-order valence-corrected chi connectivity index (χ2v) is 11.2. The maximum absolute atomic E-state index is 9.86. The van der Waals surface area contributed by atoms with Crippen LogP contribution in [0.15, 0.2) is 60.7 Å². The Kier molecular flexibility index (Phi) is 9.38. The molecule has 0 heterocycles. The van der Waals surface area contributed by atoms with Crippen molar-refractivity contribution in [1.29, 1.82) is 0 Å². The van der Waals surface area contributed by atoms with Gasteiger partial charge in [-0.2, -0.15) is 0 Å². The van der Waals surface area contributed by atoms with Crippen LogP contribution in [0.4, 0.5) is 0 Å². The molecule has 1 N–H and O–H groups in total. The van der Waals surface area contributed by atoms with E-state index in [4.69, 9.17) is 4.74 Å². The molecule has 0 amide bonds. The summed E-state index contributed by atoms with van der Waals surface area (Å²) in [6.07, 6.45) is 2.32. The molecule has 0 bridgehead atoms. The number of aromatic hydroxyl groups is 1. The number of hydrogen-bond acceptors (Lipinski definition) is 2. The largest absolute Gasteiger partial charge is 0.508 e. The monoisotopic (exact) mass is 460 g/mol. The molecular weight excluding hydrogens is 416 g/mol. The van der Waals surface area contributed by atoms with Gasteiger partial charge in [0, 0.05) is 5.41 Å². The number of aryl methyl sites for hydroxylation is 2. The number of hydrogen-bond donors (Lipinski definition) is 1. The number of benzene rings is 3. The van der Waals surface area contributed by atoms with E-state index in [1.165, 1.54) is 28.7 Å². The average molecular weight is 461 g/mol. The maximum Gasteiger partial charge on any atom is 0.122 e. The number of phenolic OH excluding ortho intramolecular Hbond substituents is 1. The maximum atomic E-state index is 9.86. The second-order valence-electron chi connectivity index (χ2n) is 11.2. The van der Waals surface area contributed by atoms with Gasteiger partial charge in [0.25, 0.3) is 0 Å². The molecule has 0 atom stereocenters. The van der Waals surface area contributed by atoms with Crippen LogP contribution in [0.2, 0.25) is 0 Å². The molecule has 2 heteroatoms. The minimum atomic E-state index is -0.162. The first-order valence-electron chi connectivity index (χ1n) is 12.5. The molecule has 3 aromatic carbocycles. The fourth-order valence-corrected chi connectivity index (χ4v) is 3.94. The van der Waals surface area contributed by atoms with E-state index in [-0.39, 0.29) is 5.41 Å². The predicted octanol–water partition coefficient (Wildman–Crippen LogP) is 8.92. The summed E-state index contributed by atoms with van der Waals surface area (Å²) in [6.45, 7) is 20.1. The van der Waals surface area contributed by atoms with E-state index in [1.807, 2.05) is 13.0 Å². The van der Waals surface area contributed by atoms with E-state index in [0.717, 1.165) is 23.3 Å². The molecule has 0 aliphatic carbocycles. The third-order valence-corrected chi connectivity index (χ3v) is 5.97. The zero-order chi connectivity index (χ0) is 25.5. The summed E-state index contributed by atoms with van der Waals surface area (Å²) in [6, 6.07) is 21.0. The lowest BCUT2D eigenvalue weighted by Gasteiger charge is -2.27. The fourth-order valence-electron chi connectivity index (χ4n) is 3.94. The van der Waals surface area contributed by atoms with Gasteiger partial charge >= 0.3 is 0 Å². The summed E-state index contributed by atoms with van der Waals surface area (Å²) in [5, 5.41) is 9.86. The summed E-state index contributed by atoms with van der Waals surface area (Å²) < 4.78 is 6.14. The highest BCUT2D eigenvalue weighted by molar-refractivity contribution is 5.46. The first-order valence-corrected chi connectivity index (χ1v) is 12.5. The molecule has 34 heavy (non-hydrogen) atoms. The van der Waals surface area contributed by atoms with Crippen LogP contribution in [0.5, 0.6) is 11.5 Å². The smallest absolute Gasteiger partial charge is 0.122 e. The Morgan fingerprint density at radius 3 is 1.71 bits per heavy atom. The highest BCUT2D eigenvalue weighted by Crippen LogP contribution is 2.35. The lowest BCUT2D eigenvalue weighted by atomic mass is 9.77. The van der Waals surface area contributed by atoms with Gasteiger partial charge < -0.3 is 9.84 Å². The van der Waals surface area contributed by atoms with Crippen molar-refractivity contribution in [3.05, 3.63) is 94.0 Å². The van der Waals surface area contributed by atoms with Crippen molar-refractivity contribution < 1.29 is 9.84 Å². The summed E-state index contributed by atoms with van der Waals surface area (Å²) >= 11 is 0. The van der Waals surface area contributed by atoms with Gasteiger partial charge in [-0.05, 0) is 71.2 Å². The quantitative estimate of drug-likeness (QED) is 0.398. The third kappa shape index (κ3) is 7.65. The zero-order valence-corrected chi connectivity index (χ0v) is 22.8. The highest BCUT2D eigenvalue weighted by Gasteiger charge is 2.24. The number of ether oxygens (including phenoxy) is 1. The first kappa shape index (κ1) is 27.5. The van der Waals surface area contributed by atoms with Crippen LogP contribution >= 0.6 is 0 Å².